The van der Waals surface area contributed by atoms with Gasteiger partial charge in [0.05, 0.1) is 0 Å². The highest BCUT2D eigenvalue weighted by molar-refractivity contribution is 5.33. The third-order valence-electron chi connectivity index (χ3n) is 4.18. The average molecular weight is 377 g/mol. The molecule has 0 unspecified atom stereocenters. The molecule has 3 heteroatoms. The molecule has 0 aliphatic carbocycles. The summed E-state index contributed by atoms with van der Waals surface area (Å²) in [5.74, 6) is 1.72. The summed E-state index contributed by atoms with van der Waals surface area (Å²) in [5.41, 5.74) is 2.57. The molecule has 0 aliphatic heterocycles. The molecular formula is C25H32N2O. The summed E-state index contributed by atoms with van der Waals surface area (Å²) in [6.45, 7) is 8.62. The molecule has 0 saturated carbocycles. The number of hydrogen-bond donors (Lipinski definition) is 2. The van der Waals surface area contributed by atoms with Crippen LogP contribution in [0, 0.1) is 0 Å². The Hall–Kier alpha value is -2.78. The summed E-state index contributed by atoms with van der Waals surface area (Å²) < 4.78 is 5.91. The fraction of sp³-hybridized carbons (Fsp3) is 0.280. The van der Waals surface area contributed by atoms with Gasteiger partial charge in [-0.25, -0.2) is 0 Å². The molecule has 0 radical (unpaired) electrons. The van der Waals surface area contributed by atoms with Crippen LogP contribution in [0.5, 0.6) is 11.5 Å². The fourth-order valence-electron chi connectivity index (χ4n) is 2.77. The standard InChI is InChI=1S/C25H32N2O/c1-3-5-9-17-26-20-22(11-4-2)16-18-27-21-23-12-10-15-25(19-23)28-24-13-7-6-8-14-24/h4-10,12-15,19-20,26-27H,2-3,11,16-18,21H2,1H3/b9-5-,22-20+. The second kappa shape index (κ2) is 13.4. The highest BCUT2D eigenvalue weighted by Crippen LogP contribution is 2.21. The van der Waals surface area contributed by atoms with Gasteiger partial charge in [0.2, 0.25) is 0 Å². The van der Waals surface area contributed by atoms with E-state index in [-0.39, 0.29) is 0 Å². The highest BCUT2D eigenvalue weighted by Gasteiger charge is 2.00. The van der Waals surface area contributed by atoms with Crippen LogP contribution in [0.3, 0.4) is 0 Å². The van der Waals surface area contributed by atoms with Crippen molar-refractivity contribution in [3.63, 3.8) is 0 Å². The molecule has 0 aromatic heterocycles. The van der Waals surface area contributed by atoms with Gasteiger partial charge in [-0.3, -0.25) is 0 Å². The van der Waals surface area contributed by atoms with Crippen LogP contribution in [-0.2, 0) is 6.54 Å². The number of ether oxygens (including phenoxy) is 1. The zero-order chi connectivity index (χ0) is 19.9. The lowest BCUT2D eigenvalue weighted by Crippen LogP contribution is -2.16. The molecule has 2 aromatic carbocycles. The van der Waals surface area contributed by atoms with E-state index in [0.717, 1.165) is 50.4 Å². The lowest BCUT2D eigenvalue weighted by Gasteiger charge is -2.10. The van der Waals surface area contributed by atoms with Gasteiger partial charge in [-0.1, -0.05) is 55.5 Å². The molecule has 0 aliphatic rings. The van der Waals surface area contributed by atoms with Crippen molar-refractivity contribution in [3.8, 4) is 11.5 Å². The van der Waals surface area contributed by atoms with Crippen molar-refractivity contribution >= 4 is 0 Å². The quantitative estimate of drug-likeness (QED) is 0.333. The number of rotatable bonds is 13. The smallest absolute Gasteiger partial charge is 0.127 e. The number of nitrogens with one attached hydrogen (secondary N) is 2. The molecule has 148 valence electrons. The maximum atomic E-state index is 5.91. The fourth-order valence-corrected chi connectivity index (χ4v) is 2.77. The minimum absolute atomic E-state index is 0.819. The van der Waals surface area contributed by atoms with Crippen LogP contribution >= 0.6 is 0 Å². The molecule has 0 fully saturated rings. The highest BCUT2D eigenvalue weighted by atomic mass is 16.5. The summed E-state index contributed by atoms with van der Waals surface area (Å²) in [6.07, 6.45) is 11.4. The van der Waals surface area contributed by atoms with E-state index in [1.54, 1.807) is 0 Å². The largest absolute Gasteiger partial charge is 0.457 e. The van der Waals surface area contributed by atoms with Crippen LogP contribution in [0.1, 0.15) is 31.7 Å². The minimum atomic E-state index is 0.819. The van der Waals surface area contributed by atoms with E-state index in [1.165, 1.54) is 11.1 Å². The zero-order valence-electron chi connectivity index (χ0n) is 16.9. The van der Waals surface area contributed by atoms with Crippen LogP contribution < -0.4 is 15.4 Å². The van der Waals surface area contributed by atoms with Crippen LogP contribution in [0.4, 0.5) is 0 Å². The van der Waals surface area contributed by atoms with Crippen LogP contribution in [0.2, 0.25) is 0 Å². The van der Waals surface area contributed by atoms with E-state index in [9.17, 15) is 0 Å². The Morgan fingerprint density at radius 1 is 1.04 bits per heavy atom. The number of hydrogen-bond acceptors (Lipinski definition) is 3. The van der Waals surface area contributed by atoms with Gasteiger partial charge < -0.3 is 15.4 Å². The van der Waals surface area contributed by atoms with Gasteiger partial charge >= 0.3 is 0 Å². The van der Waals surface area contributed by atoms with Gasteiger partial charge in [-0.15, -0.1) is 6.58 Å². The van der Waals surface area contributed by atoms with Crippen LogP contribution in [-0.4, -0.2) is 13.1 Å². The monoisotopic (exact) mass is 376 g/mol. The van der Waals surface area contributed by atoms with Crippen molar-refractivity contribution in [1.29, 1.82) is 0 Å². The van der Waals surface area contributed by atoms with E-state index < -0.39 is 0 Å². The normalized spacial score (nSPS) is 11.5. The SMILES string of the molecule is C=CC/C(=C\NC/C=C\CC)CCNCc1cccc(Oc2ccccc2)c1. The zero-order valence-corrected chi connectivity index (χ0v) is 16.9. The Morgan fingerprint density at radius 3 is 2.64 bits per heavy atom. The second-order valence-corrected chi connectivity index (χ2v) is 6.57. The van der Waals surface area contributed by atoms with Crippen LogP contribution in [0.25, 0.3) is 0 Å². The van der Waals surface area contributed by atoms with E-state index in [2.05, 4.69) is 54.6 Å². The maximum Gasteiger partial charge on any atom is 0.127 e. The van der Waals surface area contributed by atoms with E-state index in [0.29, 0.717) is 0 Å². The number of allylic oxidation sites excluding steroid dienone is 2. The predicted molar refractivity (Wildman–Crippen MR) is 120 cm³/mol. The summed E-state index contributed by atoms with van der Waals surface area (Å²) in [7, 11) is 0. The summed E-state index contributed by atoms with van der Waals surface area (Å²) in [6, 6.07) is 18.1. The molecule has 28 heavy (non-hydrogen) atoms. The Bertz CT molecular complexity index is 750. The van der Waals surface area contributed by atoms with E-state index >= 15 is 0 Å². The van der Waals surface area contributed by atoms with Gasteiger partial charge in [0, 0.05) is 13.1 Å². The minimum Gasteiger partial charge on any atom is -0.457 e. The first-order chi connectivity index (χ1) is 13.8. The predicted octanol–water partition coefficient (Wildman–Crippen LogP) is 5.97. The van der Waals surface area contributed by atoms with Gasteiger partial charge in [-0.2, -0.15) is 0 Å². The van der Waals surface area contributed by atoms with Crippen LogP contribution in [0.15, 0.2) is 91.2 Å². The van der Waals surface area contributed by atoms with Crippen molar-refractivity contribution in [2.24, 2.45) is 0 Å². The molecule has 0 spiro atoms. The molecule has 0 heterocycles. The Kier molecular flexibility index (Phi) is 10.3. The van der Waals surface area contributed by atoms with Crippen molar-refractivity contribution in [1.82, 2.24) is 10.6 Å². The van der Waals surface area contributed by atoms with Crippen molar-refractivity contribution in [3.05, 3.63) is 96.7 Å². The third kappa shape index (κ3) is 8.74. The molecule has 3 nitrogen and oxygen atoms in total. The van der Waals surface area contributed by atoms with Crippen molar-refractivity contribution in [2.75, 3.05) is 13.1 Å². The molecule has 0 atom stereocenters. The average Bonchev–Trinajstić information content (AvgIpc) is 2.72. The second-order valence-electron chi connectivity index (χ2n) is 6.57. The Labute approximate surface area is 169 Å². The first kappa shape index (κ1) is 21.5. The van der Waals surface area contributed by atoms with Gasteiger partial charge in [0.15, 0.2) is 0 Å². The molecule has 0 saturated heterocycles. The number of benzene rings is 2. The third-order valence-corrected chi connectivity index (χ3v) is 4.18. The van der Waals surface area contributed by atoms with Gasteiger partial charge in [0.1, 0.15) is 11.5 Å². The molecule has 0 amide bonds. The Balaban J connectivity index is 1.76. The molecule has 2 aromatic rings. The summed E-state index contributed by atoms with van der Waals surface area (Å²) in [5, 5.41) is 6.87. The van der Waals surface area contributed by atoms with Crippen molar-refractivity contribution < 1.29 is 4.74 Å². The topological polar surface area (TPSA) is 33.3 Å². The summed E-state index contributed by atoms with van der Waals surface area (Å²) >= 11 is 0. The molecule has 0 bridgehead atoms. The summed E-state index contributed by atoms with van der Waals surface area (Å²) in [4.78, 5) is 0. The molecule has 2 rings (SSSR count). The lowest BCUT2D eigenvalue weighted by atomic mass is 10.1. The van der Waals surface area contributed by atoms with E-state index in [4.69, 9.17) is 4.74 Å². The van der Waals surface area contributed by atoms with Gasteiger partial charge in [0.25, 0.3) is 0 Å². The maximum absolute atomic E-state index is 5.91. The van der Waals surface area contributed by atoms with Crippen molar-refractivity contribution in [2.45, 2.75) is 32.7 Å². The molecule has 2 N–H and O–H groups in total. The molecular weight excluding hydrogens is 344 g/mol. The number of para-hydroxylation sites is 1. The van der Waals surface area contributed by atoms with E-state index in [1.807, 2.05) is 48.5 Å². The first-order valence-corrected chi connectivity index (χ1v) is 10.0. The Morgan fingerprint density at radius 2 is 1.86 bits per heavy atom. The first-order valence-electron chi connectivity index (χ1n) is 10.0. The lowest BCUT2D eigenvalue weighted by molar-refractivity contribution is 0.481. The van der Waals surface area contributed by atoms with Gasteiger partial charge in [-0.05, 0) is 67.4 Å².